The zero-order valence-electron chi connectivity index (χ0n) is 19.0. The number of esters is 1. The smallest absolute Gasteiger partial charge is 0.324 e. The summed E-state index contributed by atoms with van der Waals surface area (Å²) in [5.41, 5.74) is 2.18. The molecule has 0 aliphatic carbocycles. The third kappa shape index (κ3) is 6.41. The average Bonchev–Trinajstić information content (AvgIpc) is 3.05. The summed E-state index contributed by atoms with van der Waals surface area (Å²) in [6, 6.07) is 6.32. The van der Waals surface area contributed by atoms with Gasteiger partial charge in [0.05, 0.1) is 12.0 Å². The van der Waals surface area contributed by atoms with E-state index in [9.17, 15) is 18.0 Å². The Bertz CT molecular complexity index is 1040. The van der Waals surface area contributed by atoms with Crippen molar-refractivity contribution in [1.82, 2.24) is 9.29 Å². The molecule has 1 unspecified atom stereocenters. The van der Waals surface area contributed by atoms with Crippen molar-refractivity contribution in [3.63, 3.8) is 0 Å². The number of methoxy groups -OCH3 is 2. The van der Waals surface area contributed by atoms with Crippen LogP contribution < -0.4 is 9.46 Å². The normalized spacial score (nSPS) is 12.4. The van der Waals surface area contributed by atoms with E-state index in [1.165, 1.54) is 38.3 Å². The van der Waals surface area contributed by atoms with Crippen molar-refractivity contribution in [2.75, 3.05) is 27.4 Å². The number of carbonyl (C=O) groups is 2. The SMILES string of the molecule is COCCCn1c(C)cc(C(=O)COC(=O)C(C)NS(=O)(=O)c2ccc(OC)cc2)c1C. The Morgan fingerprint density at radius 1 is 1.12 bits per heavy atom. The van der Waals surface area contributed by atoms with Crippen molar-refractivity contribution < 1.29 is 32.2 Å². The largest absolute Gasteiger partial charge is 0.497 e. The average molecular weight is 467 g/mol. The number of aromatic nitrogens is 1. The lowest BCUT2D eigenvalue weighted by Gasteiger charge is -2.14. The number of Topliss-reactive ketones (excluding diaryl/α,β-unsaturated/α-hetero) is 1. The molecular weight excluding hydrogens is 436 g/mol. The maximum atomic E-state index is 12.6. The summed E-state index contributed by atoms with van der Waals surface area (Å²) in [7, 11) is -0.837. The van der Waals surface area contributed by atoms with Gasteiger partial charge in [0.2, 0.25) is 15.8 Å². The lowest BCUT2D eigenvalue weighted by Crippen LogP contribution is -2.40. The highest BCUT2D eigenvalue weighted by Gasteiger charge is 2.24. The van der Waals surface area contributed by atoms with Gasteiger partial charge in [0.1, 0.15) is 11.8 Å². The summed E-state index contributed by atoms with van der Waals surface area (Å²) in [5.74, 6) is -0.688. The third-order valence-electron chi connectivity index (χ3n) is 5.00. The number of ether oxygens (including phenoxy) is 3. The van der Waals surface area contributed by atoms with E-state index in [0.717, 1.165) is 17.8 Å². The number of carbonyl (C=O) groups excluding carboxylic acids is 2. The summed E-state index contributed by atoms with van der Waals surface area (Å²) >= 11 is 0. The fourth-order valence-electron chi connectivity index (χ4n) is 3.24. The molecule has 0 amide bonds. The Labute approximate surface area is 188 Å². The molecule has 0 bridgehead atoms. The van der Waals surface area contributed by atoms with Crippen molar-refractivity contribution in [2.24, 2.45) is 0 Å². The Morgan fingerprint density at radius 2 is 1.78 bits per heavy atom. The fourth-order valence-corrected chi connectivity index (χ4v) is 4.43. The Balaban J connectivity index is 1.96. The fraction of sp³-hybridized carbons (Fsp3) is 0.455. The second-order valence-electron chi connectivity index (χ2n) is 7.33. The minimum Gasteiger partial charge on any atom is -0.497 e. The molecule has 1 heterocycles. The van der Waals surface area contributed by atoms with Crippen molar-refractivity contribution in [3.05, 3.63) is 47.3 Å². The lowest BCUT2D eigenvalue weighted by atomic mass is 10.1. The minimum absolute atomic E-state index is 0.0186. The summed E-state index contributed by atoms with van der Waals surface area (Å²) in [5, 5.41) is 0. The Kier molecular flexibility index (Phi) is 8.99. The number of aryl methyl sites for hydroxylation is 1. The van der Waals surface area contributed by atoms with Gasteiger partial charge < -0.3 is 18.8 Å². The van der Waals surface area contributed by atoms with Gasteiger partial charge in [0.15, 0.2) is 6.61 Å². The molecule has 32 heavy (non-hydrogen) atoms. The predicted octanol–water partition coefficient (Wildman–Crippen LogP) is 2.24. The van der Waals surface area contributed by atoms with Gasteiger partial charge in [-0.2, -0.15) is 4.72 Å². The molecule has 0 spiro atoms. The molecule has 2 rings (SSSR count). The van der Waals surface area contributed by atoms with Crippen LogP contribution in [0.5, 0.6) is 5.75 Å². The van der Waals surface area contributed by atoms with Crippen LogP contribution in [0.3, 0.4) is 0 Å². The number of benzene rings is 1. The molecule has 0 aliphatic heterocycles. The van der Waals surface area contributed by atoms with E-state index in [-0.39, 0.29) is 10.7 Å². The van der Waals surface area contributed by atoms with Crippen LogP contribution >= 0.6 is 0 Å². The first-order valence-corrected chi connectivity index (χ1v) is 11.6. The number of hydrogen-bond acceptors (Lipinski definition) is 7. The van der Waals surface area contributed by atoms with E-state index in [1.54, 1.807) is 13.2 Å². The second-order valence-corrected chi connectivity index (χ2v) is 9.05. The van der Waals surface area contributed by atoms with Crippen LogP contribution in [0.2, 0.25) is 0 Å². The van der Waals surface area contributed by atoms with Crippen LogP contribution in [0.15, 0.2) is 35.2 Å². The standard InChI is InChI=1S/C22H30N2O7S/c1-15-13-20(17(3)24(15)11-6-12-29-4)21(25)14-31-22(26)16(2)23-32(27,28)19-9-7-18(30-5)8-10-19/h7-10,13,16,23H,6,11-12,14H2,1-5H3. The molecule has 0 saturated carbocycles. The van der Waals surface area contributed by atoms with Crippen molar-refractivity contribution >= 4 is 21.8 Å². The zero-order valence-corrected chi connectivity index (χ0v) is 19.8. The highest BCUT2D eigenvalue weighted by atomic mass is 32.2. The van der Waals surface area contributed by atoms with Gasteiger partial charge in [-0.3, -0.25) is 9.59 Å². The van der Waals surface area contributed by atoms with Crippen LogP contribution in [0.25, 0.3) is 0 Å². The number of rotatable bonds is 12. The van der Waals surface area contributed by atoms with E-state index in [4.69, 9.17) is 14.2 Å². The minimum atomic E-state index is -3.95. The summed E-state index contributed by atoms with van der Waals surface area (Å²) in [6.07, 6.45) is 0.807. The molecule has 1 N–H and O–H groups in total. The van der Waals surface area contributed by atoms with Crippen LogP contribution in [-0.4, -0.2) is 58.2 Å². The molecule has 0 fully saturated rings. The van der Waals surface area contributed by atoms with Crippen LogP contribution in [0.4, 0.5) is 0 Å². The summed E-state index contributed by atoms with van der Waals surface area (Å²) in [4.78, 5) is 24.9. The van der Waals surface area contributed by atoms with Crippen molar-refractivity contribution in [2.45, 2.75) is 44.7 Å². The highest BCUT2D eigenvalue weighted by Crippen LogP contribution is 2.17. The summed E-state index contributed by atoms with van der Waals surface area (Å²) < 4.78 is 44.3. The Hall–Kier alpha value is -2.69. The second kappa shape index (κ2) is 11.3. The van der Waals surface area contributed by atoms with Crippen LogP contribution in [0, 0.1) is 13.8 Å². The number of hydrogen-bond donors (Lipinski definition) is 1. The number of sulfonamides is 1. The first-order valence-electron chi connectivity index (χ1n) is 10.1. The van der Waals surface area contributed by atoms with Gasteiger partial charge in [-0.15, -0.1) is 0 Å². The molecular formula is C22H30N2O7S. The van der Waals surface area contributed by atoms with E-state index >= 15 is 0 Å². The highest BCUT2D eigenvalue weighted by molar-refractivity contribution is 7.89. The molecule has 10 heteroatoms. The maximum Gasteiger partial charge on any atom is 0.324 e. The number of nitrogens with zero attached hydrogens (tertiary/aromatic N) is 1. The van der Waals surface area contributed by atoms with Gasteiger partial charge in [-0.1, -0.05) is 0 Å². The van der Waals surface area contributed by atoms with Crippen molar-refractivity contribution in [1.29, 1.82) is 0 Å². The lowest BCUT2D eigenvalue weighted by molar-refractivity contribution is -0.144. The summed E-state index contributed by atoms with van der Waals surface area (Å²) in [6.45, 7) is 5.94. The van der Waals surface area contributed by atoms with E-state index in [2.05, 4.69) is 4.72 Å². The molecule has 2 aromatic rings. The molecule has 1 aromatic heterocycles. The molecule has 9 nitrogen and oxygen atoms in total. The van der Waals surface area contributed by atoms with Crippen molar-refractivity contribution in [3.8, 4) is 5.75 Å². The molecule has 0 aliphatic rings. The van der Waals surface area contributed by atoms with Gasteiger partial charge in [-0.25, -0.2) is 8.42 Å². The third-order valence-corrected chi connectivity index (χ3v) is 6.56. The molecule has 0 saturated heterocycles. The monoisotopic (exact) mass is 466 g/mol. The molecule has 0 radical (unpaired) electrons. The van der Waals surface area contributed by atoms with Crippen LogP contribution in [0.1, 0.15) is 35.1 Å². The van der Waals surface area contributed by atoms with Gasteiger partial charge in [0, 0.05) is 37.2 Å². The van der Waals surface area contributed by atoms with E-state index in [1.807, 2.05) is 18.4 Å². The van der Waals surface area contributed by atoms with Gasteiger partial charge in [-0.05, 0) is 57.5 Å². The number of nitrogens with one attached hydrogen (secondary N) is 1. The molecule has 176 valence electrons. The number of ketones is 1. The quantitative estimate of drug-likeness (QED) is 0.290. The predicted molar refractivity (Wildman–Crippen MR) is 118 cm³/mol. The van der Waals surface area contributed by atoms with Gasteiger partial charge >= 0.3 is 5.97 Å². The van der Waals surface area contributed by atoms with E-state index in [0.29, 0.717) is 24.5 Å². The van der Waals surface area contributed by atoms with Gasteiger partial charge in [0.25, 0.3) is 0 Å². The maximum absolute atomic E-state index is 12.6. The Morgan fingerprint density at radius 3 is 2.38 bits per heavy atom. The first-order chi connectivity index (χ1) is 15.1. The van der Waals surface area contributed by atoms with Crippen LogP contribution in [-0.2, 0) is 30.8 Å². The topological polar surface area (TPSA) is 113 Å². The molecule has 1 aromatic carbocycles. The van der Waals surface area contributed by atoms with E-state index < -0.39 is 28.6 Å². The zero-order chi connectivity index (χ0) is 23.9. The molecule has 1 atom stereocenters. The first kappa shape index (κ1) is 25.6.